The maximum Gasteiger partial charge on any atom is -0.0198 e. The van der Waals surface area contributed by atoms with E-state index in [0.717, 1.165) is 0 Å². The van der Waals surface area contributed by atoms with Gasteiger partial charge >= 0.3 is 0 Å². The summed E-state index contributed by atoms with van der Waals surface area (Å²) in [6, 6.07) is 0. The van der Waals surface area contributed by atoms with E-state index in [4.69, 9.17) is 0 Å². The summed E-state index contributed by atoms with van der Waals surface area (Å²) >= 11 is 0. The molecule has 0 aromatic carbocycles. The van der Waals surface area contributed by atoms with Crippen LogP contribution in [0.1, 0.15) is 34.1 Å². The van der Waals surface area contributed by atoms with Crippen molar-refractivity contribution in [1.29, 1.82) is 0 Å². The number of hydrogen-bond acceptors (Lipinski definition) is 0. The first-order chi connectivity index (χ1) is 3.71. The van der Waals surface area contributed by atoms with Crippen LogP contribution in [0.15, 0.2) is 0 Å². The van der Waals surface area contributed by atoms with Gasteiger partial charge in [0, 0.05) is 0 Å². The molecular formula is C7H18P2. The minimum Gasteiger partial charge on any atom is -0.132 e. The van der Waals surface area contributed by atoms with E-state index in [1.165, 1.54) is 6.42 Å². The first-order valence-electron chi connectivity index (χ1n) is 3.28. The van der Waals surface area contributed by atoms with Crippen LogP contribution in [-0.2, 0) is 0 Å². The monoisotopic (exact) mass is 164 g/mol. The Kier molecular flexibility index (Phi) is 3.12. The molecule has 0 saturated heterocycles. The average molecular weight is 164 g/mol. The first kappa shape index (κ1) is 9.86. The van der Waals surface area contributed by atoms with E-state index in [1.807, 2.05) is 0 Å². The van der Waals surface area contributed by atoms with Crippen molar-refractivity contribution in [1.82, 2.24) is 0 Å². The molecule has 2 heteroatoms. The third kappa shape index (κ3) is 8.86. The van der Waals surface area contributed by atoms with Crippen LogP contribution in [0.2, 0.25) is 0 Å². The molecule has 0 nitrogen and oxygen atoms in total. The van der Waals surface area contributed by atoms with Gasteiger partial charge in [0.1, 0.15) is 0 Å². The third-order valence-electron chi connectivity index (χ3n) is 0.911. The Morgan fingerprint density at radius 2 is 1.11 bits per heavy atom. The SMILES string of the molecule is CC(C)(P)CC(C)(C)P. The van der Waals surface area contributed by atoms with E-state index < -0.39 is 0 Å². The van der Waals surface area contributed by atoms with Crippen molar-refractivity contribution < 1.29 is 0 Å². The molecule has 0 aliphatic heterocycles. The quantitative estimate of drug-likeness (QED) is 0.550. The van der Waals surface area contributed by atoms with Crippen LogP contribution in [0, 0.1) is 0 Å². The molecule has 56 valence electrons. The molecule has 2 unspecified atom stereocenters. The lowest BCUT2D eigenvalue weighted by molar-refractivity contribution is 0.540. The van der Waals surface area contributed by atoms with Crippen molar-refractivity contribution >= 4 is 18.5 Å². The molecule has 0 aromatic rings. The highest BCUT2D eigenvalue weighted by atomic mass is 31.0. The zero-order valence-corrected chi connectivity index (χ0v) is 9.17. The normalized spacial score (nSPS) is 14.0. The molecule has 0 N–H and O–H groups in total. The molecule has 0 fully saturated rings. The maximum absolute atomic E-state index is 2.87. The molecule has 9 heavy (non-hydrogen) atoms. The summed E-state index contributed by atoms with van der Waals surface area (Å²) in [4.78, 5) is 0. The number of hydrogen-bond donors (Lipinski definition) is 0. The Morgan fingerprint density at radius 1 is 0.889 bits per heavy atom. The highest BCUT2D eigenvalue weighted by molar-refractivity contribution is 7.20. The summed E-state index contributed by atoms with van der Waals surface area (Å²) in [5.74, 6) is 0. The van der Waals surface area contributed by atoms with Gasteiger partial charge in [0.2, 0.25) is 0 Å². The summed E-state index contributed by atoms with van der Waals surface area (Å²) in [6.45, 7) is 8.96. The van der Waals surface area contributed by atoms with Gasteiger partial charge < -0.3 is 0 Å². The molecular weight excluding hydrogens is 146 g/mol. The van der Waals surface area contributed by atoms with Crippen LogP contribution < -0.4 is 0 Å². The lowest BCUT2D eigenvalue weighted by Crippen LogP contribution is -2.22. The van der Waals surface area contributed by atoms with Gasteiger partial charge in [0.15, 0.2) is 0 Å². The van der Waals surface area contributed by atoms with Crippen LogP contribution in [0.4, 0.5) is 0 Å². The minimum absolute atomic E-state index is 0.380. The van der Waals surface area contributed by atoms with Crippen LogP contribution >= 0.6 is 18.5 Å². The molecule has 0 spiro atoms. The minimum atomic E-state index is 0.380. The van der Waals surface area contributed by atoms with E-state index in [0.29, 0.717) is 10.3 Å². The predicted octanol–water partition coefficient (Wildman–Crippen LogP) is 2.68. The van der Waals surface area contributed by atoms with Gasteiger partial charge in [-0.25, -0.2) is 0 Å². The lowest BCUT2D eigenvalue weighted by atomic mass is 9.99. The first-order valence-corrected chi connectivity index (χ1v) is 4.44. The predicted molar refractivity (Wildman–Crippen MR) is 52.2 cm³/mol. The van der Waals surface area contributed by atoms with Crippen molar-refractivity contribution in [2.45, 2.75) is 44.4 Å². The van der Waals surface area contributed by atoms with Crippen molar-refractivity contribution in [3.8, 4) is 0 Å². The summed E-state index contributed by atoms with van der Waals surface area (Å²) in [5.41, 5.74) is 0. The molecule has 0 heterocycles. The van der Waals surface area contributed by atoms with E-state index in [2.05, 4.69) is 46.2 Å². The largest absolute Gasteiger partial charge is 0.132 e. The fourth-order valence-electron chi connectivity index (χ4n) is 1.17. The van der Waals surface area contributed by atoms with Crippen molar-refractivity contribution in [3.63, 3.8) is 0 Å². The van der Waals surface area contributed by atoms with Crippen LogP contribution in [-0.4, -0.2) is 10.3 Å². The molecule has 0 amide bonds. The van der Waals surface area contributed by atoms with Crippen molar-refractivity contribution in [2.75, 3.05) is 0 Å². The second-order valence-electron chi connectivity index (χ2n) is 4.15. The van der Waals surface area contributed by atoms with Gasteiger partial charge in [-0.15, -0.1) is 18.5 Å². The van der Waals surface area contributed by atoms with Crippen molar-refractivity contribution in [2.24, 2.45) is 0 Å². The van der Waals surface area contributed by atoms with E-state index >= 15 is 0 Å². The summed E-state index contributed by atoms with van der Waals surface area (Å²) in [7, 11) is 5.73. The molecule has 0 aliphatic carbocycles. The van der Waals surface area contributed by atoms with E-state index in [9.17, 15) is 0 Å². The smallest absolute Gasteiger partial charge is 0.0198 e. The van der Waals surface area contributed by atoms with Gasteiger partial charge in [-0.2, -0.15) is 0 Å². The van der Waals surface area contributed by atoms with Gasteiger partial charge in [-0.3, -0.25) is 0 Å². The van der Waals surface area contributed by atoms with Gasteiger partial charge in [0.25, 0.3) is 0 Å². The average Bonchev–Trinajstić information content (AvgIpc) is 1.14. The zero-order chi connectivity index (χ0) is 7.71. The molecule has 0 bridgehead atoms. The topological polar surface area (TPSA) is 0 Å². The van der Waals surface area contributed by atoms with Crippen LogP contribution in [0.5, 0.6) is 0 Å². The third-order valence-corrected chi connectivity index (χ3v) is 1.32. The molecule has 2 atom stereocenters. The Labute approximate surface area is 63.6 Å². The Bertz CT molecular complexity index is 72.1. The van der Waals surface area contributed by atoms with Gasteiger partial charge in [-0.05, 0) is 16.7 Å². The van der Waals surface area contributed by atoms with Crippen molar-refractivity contribution in [3.05, 3.63) is 0 Å². The standard InChI is InChI=1S/C7H18P2/c1-6(2,8)5-7(3,4)9/h5,8-9H2,1-4H3. The zero-order valence-electron chi connectivity index (χ0n) is 6.86. The number of rotatable bonds is 2. The highest BCUT2D eigenvalue weighted by Gasteiger charge is 2.20. The van der Waals surface area contributed by atoms with Crippen LogP contribution in [0.25, 0.3) is 0 Å². The van der Waals surface area contributed by atoms with Crippen LogP contribution in [0.3, 0.4) is 0 Å². The molecule has 0 rings (SSSR count). The lowest BCUT2D eigenvalue weighted by Gasteiger charge is -2.28. The fraction of sp³-hybridized carbons (Fsp3) is 1.00. The van der Waals surface area contributed by atoms with E-state index in [1.54, 1.807) is 0 Å². The second kappa shape index (κ2) is 2.85. The second-order valence-corrected chi connectivity index (χ2v) is 7.28. The molecule has 0 aromatic heterocycles. The fourth-order valence-corrected chi connectivity index (χ4v) is 2.46. The van der Waals surface area contributed by atoms with E-state index in [-0.39, 0.29) is 0 Å². The molecule has 0 aliphatic rings. The Morgan fingerprint density at radius 3 is 1.11 bits per heavy atom. The molecule has 0 saturated carbocycles. The Hall–Kier alpha value is 0.860. The highest BCUT2D eigenvalue weighted by Crippen LogP contribution is 2.32. The van der Waals surface area contributed by atoms with Gasteiger partial charge in [0.05, 0.1) is 0 Å². The Balaban J connectivity index is 3.75. The summed E-state index contributed by atoms with van der Waals surface area (Å²) in [6.07, 6.45) is 1.22. The summed E-state index contributed by atoms with van der Waals surface area (Å²) < 4.78 is 0. The molecule has 0 radical (unpaired) electrons. The summed E-state index contributed by atoms with van der Waals surface area (Å²) in [5, 5.41) is 0.760. The van der Waals surface area contributed by atoms with Gasteiger partial charge in [-0.1, -0.05) is 27.7 Å². The maximum atomic E-state index is 2.87.